The molecule has 1 aromatic carbocycles. The molecule has 0 fully saturated rings. The third-order valence-corrected chi connectivity index (χ3v) is 3.31. The van der Waals surface area contributed by atoms with Gasteiger partial charge in [0.2, 0.25) is 5.91 Å². The van der Waals surface area contributed by atoms with Crippen molar-refractivity contribution >= 4 is 5.91 Å². The molecule has 18 heavy (non-hydrogen) atoms. The molecule has 1 rings (SSSR count). The largest absolute Gasteiger partial charge is 0.353 e. The first-order valence-corrected chi connectivity index (χ1v) is 6.40. The number of hydrogen-bond donors (Lipinski definition) is 2. The fourth-order valence-electron chi connectivity index (χ4n) is 1.53. The van der Waals surface area contributed by atoms with Crippen molar-refractivity contribution in [1.82, 2.24) is 5.32 Å². The van der Waals surface area contributed by atoms with Gasteiger partial charge in [0.05, 0.1) is 0 Å². The Labute approximate surface area is 110 Å². The number of nitrogens with two attached hydrogens (primary N) is 1. The van der Waals surface area contributed by atoms with E-state index in [9.17, 15) is 4.79 Å². The molecule has 1 amide bonds. The first-order valence-electron chi connectivity index (χ1n) is 6.40. The highest BCUT2D eigenvalue weighted by atomic mass is 16.1. The Balaban J connectivity index is 2.51. The molecule has 0 aliphatic heterocycles. The van der Waals surface area contributed by atoms with Crippen LogP contribution >= 0.6 is 0 Å². The molecule has 0 aliphatic rings. The highest BCUT2D eigenvalue weighted by Crippen LogP contribution is 2.19. The number of benzene rings is 1. The van der Waals surface area contributed by atoms with Crippen LogP contribution < -0.4 is 11.1 Å². The zero-order chi connectivity index (χ0) is 13.8. The molecular weight excluding hydrogens is 224 g/mol. The van der Waals surface area contributed by atoms with Crippen molar-refractivity contribution in [3.63, 3.8) is 0 Å². The minimum atomic E-state index is -0.238. The van der Waals surface area contributed by atoms with E-state index >= 15 is 0 Å². The second-order valence-electron chi connectivity index (χ2n) is 5.88. The van der Waals surface area contributed by atoms with Crippen LogP contribution in [0.2, 0.25) is 0 Å². The van der Waals surface area contributed by atoms with E-state index in [1.165, 1.54) is 0 Å². The number of carbonyl (C=O) groups is 1. The van der Waals surface area contributed by atoms with Gasteiger partial charge in [-0.3, -0.25) is 4.79 Å². The molecule has 3 N–H and O–H groups in total. The molecule has 0 aromatic heterocycles. The fraction of sp³-hybridized carbons (Fsp3) is 0.533. The number of rotatable bonds is 4. The molecule has 3 heteroatoms. The number of carbonyl (C=O) groups excluding carboxylic acids is 1. The maximum absolute atomic E-state index is 11.9. The zero-order valence-corrected chi connectivity index (χ0v) is 11.7. The Hall–Kier alpha value is -1.35. The van der Waals surface area contributed by atoms with Gasteiger partial charge in [0.25, 0.3) is 0 Å². The van der Waals surface area contributed by atoms with E-state index in [0.29, 0.717) is 6.42 Å². The van der Waals surface area contributed by atoms with E-state index in [4.69, 9.17) is 5.73 Å². The van der Waals surface area contributed by atoms with Gasteiger partial charge in [-0.1, -0.05) is 51.1 Å². The van der Waals surface area contributed by atoms with Gasteiger partial charge in [-0.25, -0.2) is 0 Å². The van der Waals surface area contributed by atoms with E-state index < -0.39 is 0 Å². The van der Waals surface area contributed by atoms with Crippen LogP contribution in [-0.4, -0.2) is 11.9 Å². The van der Waals surface area contributed by atoms with Gasteiger partial charge >= 0.3 is 0 Å². The molecule has 0 saturated heterocycles. The molecule has 0 heterocycles. The summed E-state index contributed by atoms with van der Waals surface area (Å²) in [4.78, 5) is 11.9. The second-order valence-corrected chi connectivity index (χ2v) is 5.88. The summed E-state index contributed by atoms with van der Waals surface area (Å²) in [5.74, 6) is 0.00813. The van der Waals surface area contributed by atoms with Gasteiger partial charge in [-0.2, -0.15) is 0 Å². The Kier molecular flexibility index (Phi) is 4.91. The maximum Gasteiger partial charge on any atom is 0.222 e. The predicted octanol–water partition coefficient (Wildman–Crippen LogP) is 2.63. The Morgan fingerprint density at radius 1 is 1.28 bits per heavy atom. The molecule has 1 aromatic rings. The van der Waals surface area contributed by atoms with E-state index in [1.807, 2.05) is 37.3 Å². The van der Waals surface area contributed by atoms with Crippen LogP contribution in [0.1, 0.15) is 45.7 Å². The minimum absolute atomic E-state index is 0.00813. The number of hydrogen-bond acceptors (Lipinski definition) is 2. The molecule has 2 atom stereocenters. The lowest BCUT2D eigenvalue weighted by atomic mass is 9.88. The molecule has 3 nitrogen and oxygen atoms in total. The van der Waals surface area contributed by atoms with Crippen LogP contribution in [0.15, 0.2) is 30.3 Å². The van der Waals surface area contributed by atoms with Crippen LogP contribution in [0.25, 0.3) is 0 Å². The summed E-state index contributed by atoms with van der Waals surface area (Å²) in [5.41, 5.74) is 7.08. The van der Waals surface area contributed by atoms with E-state index in [2.05, 4.69) is 26.1 Å². The van der Waals surface area contributed by atoms with Gasteiger partial charge in [-0.05, 0) is 17.9 Å². The van der Waals surface area contributed by atoms with Gasteiger partial charge < -0.3 is 11.1 Å². The van der Waals surface area contributed by atoms with E-state index in [1.54, 1.807) is 0 Å². The van der Waals surface area contributed by atoms with Gasteiger partial charge in [0.15, 0.2) is 0 Å². The summed E-state index contributed by atoms with van der Waals surface area (Å²) in [6.45, 7) is 8.34. The van der Waals surface area contributed by atoms with Crippen molar-refractivity contribution in [2.24, 2.45) is 11.1 Å². The number of nitrogens with one attached hydrogen (secondary N) is 1. The molecule has 0 radical (unpaired) electrons. The average Bonchev–Trinajstić information content (AvgIpc) is 2.28. The summed E-state index contributed by atoms with van der Waals surface area (Å²) < 4.78 is 0. The standard InChI is InChI=1S/C15H24N2O/c1-11(15(2,3)4)17-14(18)10-13(16)12-8-6-5-7-9-12/h5-9,11,13H,10,16H2,1-4H3,(H,17,18). The Bertz CT molecular complexity index is 381. The highest BCUT2D eigenvalue weighted by molar-refractivity contribution is 5.77. The molecule has 0 spiro atoms. The van der Waals surface area contributed by atoms with Crippen molar-refractivity contribution in [2.45, 2.75) is 46.2 Å². The molecule has 0 saturated carbocycles. The lowest BCUT2D eigenvalue weighted by Gasteiger charge is -2.28. The minimum Gasteiger partial charge on any atom is -0.353 e. The lowest BCUT2D eigenvalue weighted by Crippen LogP contribution is -2.42. The van der Waals surface area contributed by atoms with Crippen molar-refractivity contribution in [3.8, 4) is 0 Å². The van der Waals surface area contributed by atoms with Crippen molar-refractivity contribution in [3.05, 3.63) is 35.9 Å². The monoisotopic (exact) mass is 248 g/mol. The summed E-state index contributed by atoms with van der Waals surface area (Å²) in [6.07, 6.45) is 0.324. The highest BCUT2D eigenvalue weighted by Gasteiger charge is 2.22. The predicted molar refractivity (Wildman–Crippen MR) is 75.0 cm³/mol. The van der Waals surface area contributed by atoms with E-state index in [0.717, 1.165) is 5.56 Å². The van der Waals surface area contributed by atoms with Gasteiger partial charge in [0, 0.05) is 18.5 Å². The summed E-state index contributed by atoms with van der Waals surface area (Å²) >= 11 is 0. The van der Waals surface area contributed by atoms with Crippen LogP contribution in [0.5, 0.6) is 0 Å². The SMILES string of the molecule is CC(NC(=O)CC(N)c1ccccc1)C(C)(C)C. The molecular formula is C15H24N2O. The van der Waals surface area contributed by atoms with Crippen LogP contribution in [0.4, 0.5) is 0 Å². The summed E-state index contributed by atoms with van der Waals surface area (Å²) in [6, 6.07) is 9.61. The normalized spacial score (nSPS) is 14.9. The first kappa shape index (κ1) is 14.7. The second kappa shape index (κ2) is 6.01. The maximum atomic E-state index is 11.9. The van der Waals surface area contributed by atoms with Gasteiger partial charge in [-0.15, -0.1) is 0 Å². The molecule has 0 bridgehead atoms. The third-order valence-electron chi connectivity index (χ3n) is 3.31. The van der Waals surface area contributed by atoms with Crippen LogP contribution in [-0.2, 0) is 4.79 Å². The molecule has 2 unspecified atom stereocenters. The van der Waals surface area contributed by atoms with Crippen LogP contribution in [0.3, 0.4) is 0 Å². The lowest BCUT2D eigenvalue weighted by molar-refractivity contribution is -0.122. The molecule has 100 valence electrons. The Morgan fingerprint density at radius 2 is 1.83 bits per heavy atom. The van der Waals surface area contributed by atoms with Gasteiger partial charge in [0.1, 0.15) is 0 Å². The fourth-order valence-corrected chi connectivity index (χ4v) is 1.53. The quantitative estimate of drug-likeness (QED) is 0.860. The summed E-state index contributed by atoms with van der Waals surface area (Å²) in [5, 5.41) is 3.00. The summed E-state index contributed by atoms with van der Waals surface area (Å²) in [7, 11) is 0. The van der Waals surface area contributed by atoms with E-state index in [-0.39, 0.29) is 23.4 Å². The van der Waals surface area contributed by atoms with Crippen molar-refractivity contribution < 1.29 is 4.79 Å². The zero-order valence-electron chi connectivity index (χ0n) is 11.7. The van der Waals surface area contributed by atoms with Crippen LogP contribution in [0, 0.1) is 5.41 Å². The topological polar surface area (TPSA) is 55.1 Å². The number of amides is 1. The third kappa shape index (κ3) is 4.49. The average molecular weight is 248 g/mol. The van der Waals surface area contributed by atoms with Crippen molar-refractivity contribution in [1.29, 1.82) is 0 Å². The Morgan fingerprint density at radius 3 is 2.33 bits per heavy atom. The smallest absolute Gasteiger partial charge is 0.222 e. The molecule has 0 aliphatic carbocycles. The first-order chi connectivity index (χ1) is 8.30. The van der Waals surface area contributed by atoms with Crippen molar-refractivity contribution in [2.75, 3.05) is 0 Å².